The van der Waals surface area contributed by atoms with Gasteiger partial charge in [0.15, 0.2) is 0 Å². The number of carbonyl (C=O) groups excluding carboxylic acids is 1. The number of fused-ring (bicyclic) bond motifs is 1. The fourth-order valence-corrected chi connectivity index (χ4v) is 3.99. The van der Waals surface area contributed by atoms with Crippen molar-refractivity contribution < 1.29 is 9.53 Å². The van der Waals surface area contributed by atoms with Gasteiger partial charge in [-0.05, 0) is 61.6 Å². The molecule has 0 saturated heterocycles. The molecule has 0 aliphatic heterocycles. The summed E-state index contributed by atoms with van der Waals surface area (Å²) in [6.45, 7) is 5.79. The molecular weight excluding hydrogens is 416 g/mol. The van der Waals surface area contributed by atoms with E-state index < -0.39 is 0 Å². The zero-order chi connectivity index (χ0) is 19.9. The number of benzene rings is 2. The van der Waals surface area contributed by atoms with Gasteiger partial charge >= 0.3 is 0 Å². The van der Waals surface area contributed by atoms with Crippen LogP contribution in [0.25, 0.3) is 10.9 Å². The molecule has 0 unspecified atom stereocenters. The lowest BCUT2D eigenvalue weighted by atomic mass is 10.1. The van der Waals surface area contributed by atoms with E-state index in [1.54, 1.807) is 6.92 Å². The SMILES string of the molecule is CCOc1ccc2c(c1)c(CCNC(C)=O)cn2CCCc1ccccc1Br. The predicted octanol–water partition coefficient (Wildman–Crippen LogP) is 5.11. The second-order valence-corrected chi connectivity index (χ2v) is 7.74. The third-order valence-electron chi connectivity index (χ3n) is 4.82. The Balaban J connectivity index is 1.78. The van der Waals surface area contributed by atoms with Crippen molar-refractivity contribution in [3.63, 3.8) is 0 Å². The number of rotatable bonds is 9. The van der Waals surface area contributed by atoms with E-state index in [1.807, 2.05) is 19.1 Å². The number of aryl methyl sites for hydroxylation is 2. The number of hydrogen-bond donors (Lipinski definition) is 1. The summed E-state index contributed by atoms with van der Waals surface area (Å²) in [4.78, 5) is 11.2. The van der Waals surface area contributed by atoms with Crippen LogP contribution in [0.4, 0.5) is 0 Å². The molecule has 0 aliphatic rings. The van der Waals surface area contributed by atoms with Crippen LogP contribution in [0.5, 0.6) is 5.75 Å². The summed E-state index contributed by atoms with van der Waals surface area (Å²) in [6, 6.07) is 14.7. The number of hydrogen-bond acceptors (Lipinski definition) is 2. The van der Waals surface area contributed by atoms with Crippen molar-refractivity contribution in [2.45, 2.75) is 39.7 Å². The van der Waals surface area contributed by atoms with Gasteiger partial charge in [0.05, 0.1) is 6.61 Å². The Morgan fingerprint density at radius 3 is 2.71 bits per heavy atom. The van der Waals surface area contributed by atoms with Crippen LogP contribution in [0, 0.1) is 0 Å². The van der Waals surface area contributed by atoms with Crippen LogP contribution in [-0.2, 0) is 24.2 Å². The maximum absolute atomic E-state index is 11.2. The molecule has 1 amide bonds. The molecule has 1 aromatic heterocycles. The van der Waals surface area contributed by atoms with Gasteiger partial charge in [0.2, 0.25) is 5.91 Å². The van der Waals surface area contributed by atoms with Crippen LogP contribution in [0.2, 0.25) is 0 Å². The molecule has 0 aliphatic carbocycles. The highest BCUT2D eigenvalue weighted by molar-refractivity contribution is 9.10. The van der Waals surface area contributed by atoms with E-state index in [-0.39, 0.29) is 5.91 Å². The van der Waals surface area contributed by atoms with Gasteiger partial charge in [-0.3, -0.25) is 4.79 Å². The van der Waals surface area contributed by atoms with Crippen molar-refractivity contribution in [1.82, 2.24) is 9.88 Å². The molecule has 3 aromatic rings. The lowest BCUT2D eigenvalue weighted by Gasteiger charge is -2.08. The zero-order valence-corrected chi connectivity index (χ0v) is 18.1. The van der Waals surface area contributed by atoms with E-state index >= 15 is 0 Å². The molecule has 0 atom stereocenters. The van der Waals surface area contributed by atoms with Crippen LogP contribution in [-0.4, -0.2) is 23.6 Å². The minimum absolute atomic E-state index is 0.00665. The summed E-state index contributed by atoms with van der Waals surface area (Å²) in [5.41, 5.74) is 3.79. The molecule has 0 bridgehead atoms. The van der Waals surface area contributed by atoms with Crippen molar-refractivity contribution in [2.24, 2.45) is 0 Å². The van der Waals surface area contributed by atoms with E-state index in [9.17, 15) is 4.79 Å². The summed E-state index contributed by atoms with van der Waals surface area (Å²) in [5.74, 6) is 0.897. The van der Waals surface area contributed by atoms with Gasteiger partial charge in [-0.2, -0.15) is 0 Å². The summed E-state index contributed by atoms with van der Waals surface area (Å²) >= 11 is 3.63. The highest BCUT2D eigenvalue weighted by Gasteiger charge is 2.10. The fraction of sp³-hybridized carbons (Fsp3) is 0.348. The van der Waals surface area contributed by atoms with E-state index in [1.165, 1.54) is 26.5 Å². The summed E-state index contributed by atoms with van der Waals surface area (Å²) in [7, 11) is 0. The molecule has 1 heterocycles. The first-order valence-electron chi connectivity index (χ1n) is 9.81. The van der Waals surface area contributed by atoms with E-state index in [2.05, 4.69) is 62.3 Å². The second kappa shape index (κ2) is 9.78. The molecule has 0 spiro atoms. The van der Waals surface area contributed by atoms with Gasteiger partial charge in [-0.25, -0.2) is 0 Å². The first-order valence-corrected chi connectivity index (χ1v) is 10.6. The number of aromatic nitrogens is 1. The van der Waals surface area contributed by atoms with E-state index in [4.69, 9.17) is 4.74 Å². The summed E-state index contributed by atoms with van der Waals surface area (Å²) < 4.78 is 9.18. The Kier molecular flexibility index (Phi) is 7.15. The molecular formula is C23H27BrN2O2. The average molecular weight is 443 g/mol. The Bertz CT molecular complexity index is 949. The first kappa shape index (κ1) is 20.5. The van der Waals surface area contributed by atoms with E-state index in [0.717, 1.165) is 31.6 Å². The minimum Gasteiger partial charge on any atom is -0.494 e. The predicted molar refractivity (Wildman–Crippen MR) is 118 cm³/mol. The average Bonchev–Trinajstić information content (AvgIpc) is 3.01. The van der Waals surface area contributed by atoms with Crippen LogP contribution in [0.1, 0.15) is 31.4 Å². The molecule has 0 saturated carbocycles. The van der Waals surface area contributed by atoms with Gasteiger partial charge in [0, 0.05) is 41.6 Å². The van der Waals surface area contributed by atoms with Crippen molar-refractivity contribution in [3.05, 3.63) is 64.3 Å². The third-order valence-corrected chi connectivity index (χ3v) is 5.59. The molecule has 4 nitrogen and oxygen atoms in total. The molecule has 2 aromatic carbocycles. The van der Waals surface area contributed by atoms with Gasteiger partial charge in [0.25, 0.3) is 0 Å². The lowest BCUT2D eigenvalue weighted by Crippen LogP contribution is -2.22. The van der Waals surface area contributed by atoms with Gasteiger partial charge < -0.3 is 14.6 Å². The highest BCUT2D eigenvalue weighted by Crippen LogP contribution is 2.27. The largest absolute Gasteiger partial charge is 0.494 e. The fourth-order valence-electron chi connectivity index (χ4n) is 3.50. The van der Waals surface area contributed by atoms with Crippen LogP contribution < -0.4 is 10.1 Å². The number of nitrogens with zero attached hydrogens (tertiary/aromatic N) is 1. The third kappa shape index (κ3) is 5.16. The summed E-state index contributed by atoms with van der Waals surface area (Å²) in [5, 5.41) is 4.10. The topological polar surface area (TPSA) is 43.3 Å². The molecule has 148 valence electrons. The molecule has 0 radical (unpaired) electrons. The van der Waals surface area contributed by atoms with E-state index in [0.29, 0.717) is 13.2 Å². The zero-order valence-electron chi connectivity index (χ0n) is 16.5. The molecule has 5 heteroatoms. The molecule has 28 heavy (non-hydrogen) atoms. The number of halogens is 1. The Morgan fingerprint density at radius 1 is 1.14 bits per heavy atom. The quantitative estimate of drug-likeness (QED) is 0.499. The smallest absolute Gasteiger partial charge is 0.216 e. The van der Waals surface area contributed by atoms with Crippen molar-refractivity contribution in [3.8, 4) is 5.75 Å². The highest BCUT2D eigenvalue weighted by atomic mass is 79.9. The lowest BCUT2D eigenvalue weighted by molar-refractivity contribution is -0.118. The maximum atomic E-state index is 11.2. The van der Waals surface area contributed by atoms with Crippen LogP contribution >= 0.6 is 15.9 Å². The number of amides is 1. The molecule has 3 rings (SSSR count). The Morgan fingerprint density at radius 2 is 1.96 bits per heavy atom. The molecule has 0 fully saturated rings. The van der Waals surface area contributed by atoms with Gasteiger partial charge in [-0.1, -0.05) is 34.1 Å². The number of nitrogens with one attached hydrogen (secondary N) is 1. The second-order valence-electron chi connectivity index (χ2n) is 6.89. The van der Waals surface area contributed by atoms with Crippen molar-refractivity contribution in [2.75, 3.05) is 13.2 Å². The summed E-state index contributed by atoms with van der Waals surface area (Å²) in [6.07, 6.45) is 5.12. The van der Waals surface area contributed by atoms with Crippen LogP contribution in [0.15, 0.2) is 53.1 Å². The number of carbonyl (C=O) groups is 1. The standard InChI is InChI=1S/C23H27BrN2O2/c1-3-28-20-10-11-23-21(15-20)19(12-13-25-17(2)27)16-26(23)14-6-8-18-7-4-5-9-22(18)24/h4-5,7,9-11,15-16H,3,6,8,12-14H2,1-2H3,(H,25,27). The monoisotopic (exact) mass is 442 g/mol. The normalized spacial score (nSPS) is 11.0. The molecule has 1 N–H and O–H groups in total. The van der Waals surface area contributed by atoms with Crippen molar-refractivity contribution >= 4 is 32.7 Å². The van der Waals surface area contributed by atoms with Gasteiger partial charge in [-0.15, -0.1) is 0 Å². The minimum atomic E-state index is 0.00665. The maximum Gasteiger partial charge on any atom is 0.216 e. The first-order chi connectivity index (χ1) is 13.6. The van der Waals surface area contributed by atoms with Gasteiger partial charge in [0.1, 0.15) is 5.75 Å². The Hall–Kier alpha value is -2.27. The number of ether oxygens (including phenoxy) is 1. The Labute approximate surface area is 175 Å². The van der Waals surface area contributed by atoms with Crippen molar-refractivity contribution in [1.29, 1.82) is 0 Å². The van der Waals surface area contributed by atoms with Crippen LogP contribution in [0.3, 0.4) is 0 Å².